The van der Waals surface area contributed by atoms with Crippen LogP contribution in [0.3, 0.4) is 0 Å². The Labute approximate surface area is 135 Å². The summed E-state index contributed by atoms with van der Waals surface area (Å²) in [6.07, 6.45) is 2.44. The molecule has 1 saturated heterocycles. The molecular formula is C20H27NP+. The summed E-state index contributed by atoms with van der Waals surface area (Å²) in [6.45, 7) is 9.42. The Bertz CT molecular complexity index is 574. The van der Waals surface area contributed by atoms with Crippen LogP contribution in [0, 0.1) is 0 Å². The van der Waals surface area contributed by atoms with E-state index >= 15 is 0 Å². The van der Waals surface area contributed by atoms with Crippen LogP contribution in [-0.2, 0) is 0 Å². The van der Waals surface area contributed by atoms with Gasteiger partial charge in [-0.15, -0.1) is 0 Å². The van der Waals surface area contributed by atoms with Crippen LogP contribution in [0.15, 0.2) is 60.7 Å². The molecule has 0 saturated carbocycles. The quantitative estimate of drug-likeness (QED) is 0.831. The highest BCUT2D eigenvalue weighted by atomic mass is 31.2. The molecule has 1 N–H and O–H groups in total. The zero-order chi connectivity index (χ0) is 15.8. The highest BCUT2D eigenvalue weighted by molar-refractivity contribution is 7.89. The predicted molar refractivity (Wildman–Crippen MR) is 100 cm³/mol. The summed E-state index contributed by atoms with van der Waals surface area (Å²) in [7, 11) is -1.40. The number of benzene rings is 2. The number of nitrogens with one attached hydrogen (secondary N) is 1. The fourth-order valence-electron chi connectivity index (χ4n) is 4.34. The van der Waals surface area contributed by atoms with Crippen molar-refractivity contribution in [2.75, 3.05) is 12.3 Å². The minimum atomic E-state index is -1.40. The average molecular weight is 312 g/mol. The minimum absolute atomic E-state index is 0.154. The van der Waals surface area contributed by atoms with E-state index in [4.69, 9.17) is 0 Å². The third-order valence-corrected chi connectivity index (χ3v) is 9.74. The van der Waals surface area contributed by atoms with Crippen molar-refractivity contribution in [2.24, 2.45) is 0 Å². The fourth-order valence-corrected chi connectivity index (χ4v) is 9.82. The Morgan fingerprint density at radius 2 is 1.05 bits per heavy atom. The molecule has 0 bridgehead atoms. The minimum Gasteiger partial charge on any atom is -0.300 e. The van der Waals surface area contributed by atoms with E-state index in [9.17, 15) is 0 Å². The van der Waals surface area contributed by atoms with E-state index in [0.29, 0.717) is 0 Å². The Hall–Kier alpha value is -1.17. The smallest absolute Gasteiger partial charge is 0.0993 e. The maximum Gasteiger partial charge on any atom is 0.0993 e. The van der Waals surface area contributed by atoms with Gasteiger partial charge in [-0.25, -0.2) is 0 Å². The highest BCUT2D eigenvalue weighted by Crippen LogP contribution is 2.62. The average Bonchev–Trinajstić information content (AvgIpc) is 2.46. The van der Waals surface area contributed by atoms with E-state index in [2.05, 4.69) is 93.7 Å². The summed E-state index contributed by atoms with van der Waals surface area (Å²) in [5.74, 6) is 0. The molecular weight excluding hydrogens is 285 g/mol. The molecule has 2 aromatic carbocycles. The SMILES string of the molecule is CC1(C)C[P+](c2ccccc2)(c2ccccc2)CC(C)(C)N1. The molecule has 1 heterocycles. The first-order valence-corrected chi connectivity index (χ1v) is 10.3. The van der Waals surface area contributed by atoms with Gasteiger partial charge in [-0.2, -0.15) is 0 Å². The maximum atomic E-state index is 3.85. The van der Waals surface area contributed by atoms with Gasteiger partial charge in [0.05, 0.1) is 30.2 Å². The summed E-state index contributed by atoms with van der Waals surface area (Å²) >= 11 is 0. The summed E-state index contributed by atoms with van der Waals surface area (Å²) in [4.78, 5) is 0. The lowest BCUT2D eigenvalue weighted by Gasteiger charge is -2.48. The van der Waals surface area contributed by atoms with E-state index in [1.54, 1.807) is 10.6 Å². The molecule has 0 amide bonds. The molecule has 1 aliphatic rings. The molecule has 1 nitrogen and oxygen atoms in total. The molecule has 0 radical (unpaired) electrons. The van der Waals surface area contributed by atoms with Crippen LogP contribution in [0.25, 0.3) is 0 Å². The van der Waals surface area contributed by atoms with Gasteiger partial charge in [0, 0.05) is 11.1 Å². The van der Waals surface area contributed by atoms with Crippen molar-refractivity contribution >= 4 is 17.9 Å². The molecule has 0 aromatic heterocycles. The standard InChI is InChI=1S/C20H27NP/c1-19(2)15-22(16-20(3,4)21-19,17-11-7-5-8-12-17)18-13-9-6-10-14-18/h5-14,21H,15-16H2,1-4H3/q+1. The molecule has 0 spiro atoms. The van der Waals surface area contributed by atoms with Crippen molar-refractivity contribution in [1.29, 1.82) is 0 Å². The van der Waals surface area contributed by atoms with Gasteiger partial charge >= 0.3 is 0 Å². The van der Waals surface area contributed by atoms with Gasteiger partial charge in [0.15, 0.2) is 0 Å². The number of hydrogen-bond acceptors (Lipinski definition) is 1. The van der Waals surface area contributed by atoms with E-state index in [0.717, 1.165) is 0 Å². The second kappa shape index (κ2) is 5.48. The van der Waals surface area contributed by atoms with Gasteiger partial charge in [-0.05, 0) is 52.0 Å². The van der Waals surface area contributed by atoms with Crippen molar-refractivity contribution < 1.29 is 0 Å². The first-order valence-electron chi connectivity index (χ1n) is 8.11. The van der Waals surface area contributed by atoms with Crippen LogP contribution in [0.5, 0.6) is 0 Å². The Morgan fingerprint density at radius 3 is 1.41 bits per heavy atom. The molecule has 0 atom stereocenters. The molecule has 116 valence electrons. The first kappa shape index (κ1) is 15.7. The van der Waals surface area contributed by atoms with Gasteiger partial charge in [0.2, 0.25) is 0 Å². The van der Waals surface area contributed by atoms with E-state index in [1.165, 1.54) is 12.3 Å². The molecule has 3 rings (SSSR count). The van der Waals surface area contributed by atoms with Crippen LogP contribution in [0.2, 0.25) is 0 Å². The van der Waals surface area contributed by atoms with Gasteiger partial charge in [0.1, 0.15) is 0 Å². The molecule has 22 heavy (non-hydrogen) atoms. The van der Waals surface area contributed by atoms with Gasteiger partial charge in [-0.1, -0.05) is 36.4 Å². The fraction of sp³-hybridized carbons (Fsp3) is 0.400. The molecule has 0 aliphatic carbocycles. The lowest BCUT2D eigenvalue weighted by molar-refractivity contribution is 0.295. The topological polar surface area (TPSA) is 12.0 Å². The molecule has 2 aromatic rings. The van der Waals surface area contributed by atoms with Crippen LogP contribution >= 0.6 is 7.26 Å². The second-order valence-electron chi connectivity index (χ2n) is 7.85. The Morgan fingerprint density at radius 1 is 0.682 bits per heavy atom. The largest absolute Gasteiger partial charge is 0.300 e. The van der Waals surface area contributed by atoms with Crippen LogP contribution in [-0.4, -0.2) is 23.4 Å². The van der Waals surface area contributed by atoms with Crippen molar-refractivity contribution in [1.82, 2.24) is 5.32 Å². The normalized spacial score (nSPS) is 22.2. The third kappa shape index (κ3) is 2.98. The zero-order valence-electron chi connectivity index (χ0n) is 14.1. The predicted octanol–water partition coefficient (Wildman–Crippen LogP) is 3.82. The lowest BCUT2D eigenvalue weighted by atomic mass is 10.00. The Kier molecular flexibility index (Phi) is 3.91. The van der Waals surface area contributed by atoms with Crippen molar-refractivity contribution in [3.63, 3.8) is 0 Å². The lowest BCUT2D eigenvalue weighted by Crippen LogP contribution is -2.63. The summed E-state index contributed by atoms with van der Waals surface area (Å²) in [6, 6.07) is 22.4. The van der Waals surface area contributed by atoms with Gasteiger partial charge in [0.25, 0.3) is 0 Å². The van der Waals surface area contributed by atoms with Crippen molar-refractivity contribution in [3.05, 3.63) is 60.7 Å². The third-order valence-electron chi connectivity index (χ3n) is 4.51. The van der Waals surface area contributed by atoms with Crippen LogP contribution in [0.4, 0.5) is 0 Å². The van der Waals surface area contributed by atoms with Crippen molar-refractivity contribution in [2.45, 2.75) is 38.8 Å². The molecule has 2 heteroatoms. The van der Waals surface area contributed by atoms with E-state index in [1.807, 2.05) is 0 Å². The van der Waals surface area contributed by atoms with Gasteiger partial charge < -0.3 is 0 Å². The second-order valence-corrected chi connectivity index (χ2v) is 11.4. The Balaban J connectivity index is 2.20. The summed E-state index contributed by atoms with van der Waals surface area (Å²) < 4.78 is 0. The van der Waals surface area contributed by atoms with E-state index in [-0.39, 0.29) is 11.1 Å². The number of hydrogen-bond donors (Lipinski definition) is 1. The monoisotopic (exact) mass is 312 g/mol. The highest BCUT2D eigenvalue weighted by Gasteiger charge is 2.55. The van der Waals surface area contributed by atoms with Crippen LogP contribution in [0.1, 0.15) is 27.7 Å². The molecule has 1 fully saturated rings. The maximum absolute atomic E-state index is 3.85. The van der Waals surface area contributed by atoms with Gasteiger partial charge in [-0.3, -0.25) is 5.32 Å². The van der Waals surface area contributed by atoms with Crippen molar-refractivity contribution in [3.8, 4) is 0 Å². The number of rotatable bonds is 2. The summed E-state index contributed by atoms with van der Waals surface area (Å²) in [5, 5.41) is 6.94. The van der Waals surface area contributed by atoms with Crippen LogP contribution < -0.4 is 15.9 Å². The zero-order valence-corrected chi connectivity index (χ0v) is 15.0. The first-order chi connectivity index (χ1) is 10.3. The van der Waals surface area contributed by atoms with E-state index < -0.39 is 7.26 Å². The molecule has 1 aliphatic heterocycles. The summed E-state index contributed by atoms with van der Waals surface area (Å²) in [5.41, 5.74) is 0.308. The molecule has 0 unspecified atom stereocenters.